The zero-order valence-corrected chi connectivity index (χ0v) is 10.8. The van der Waals surface area contributed by atoms with Crippen molar-refractivity contribution in [3.8, 4) is 5.75 Å². The standard InChI is InChI=1S/C12H15F2N5O/c1-19-11(16-7-17-19)6-10(18-15)8-2-4-9(5-3-8)20-12(13)14/h2-5,7,10,12,18H,6,15H2,1H3. The Hall–Kier alpha value is -2.06. The highest BCUT2D eigenvalue weighted by Crippen LogP contribution is 2.21. The molecule has 0 aliphatic heterocycles. The van der Waals surface area contributed by atoms with Gasteiger partial charge in [-0.15, -0.1) is 0 Å². The number of rotatable bonds is 6. The summed E-state index contributed by atoms with van der Waals surface area (Å²) in [5, 5.41) is 3.98. The third kappa shape index (κ3) is 3.49. The zero-order valence-electron chi connectivity index (χ0n) is 10.8. The quantitative estimate of drug-likeness (QED) is 0.614. The fraction of sp³-hybridized carbons (Fsp3) is 0.333. The van der Waals surface area contributed by atoms with Crippen molar-refractivity contribution in [2.75, 3.05) is 0 Å². The van der Waals surface area contributed by atoms with Gasteiger partial charge in [0.15, 0.2) is 0 Å². The topological polar surface area (TPSA) is 78.0 Å². The van der Waals surface area contributed by atoms with E-state index in [1.54, 1.807) is 23.9 Å². The Labute approximate surface area is 114 Å². The molecular formula is C12H15F2N5O. The van der Waals surface area contributed by atoms with E-state index in [0.717, 1.165) is 11.4 Å². The molecule has 1 aromatic carbocycles. The molecule has 1 unspecified atom stereocenters. The molecule has 8 heteroatoms. The van der Waals surface area contributed by atoms with Gasteiger partial charge in [-0.2, -0.15) is 13.9 Å². The van der Waals surface area contributed by atoms with Gasteiger partial charge in [-0.25, -0.2) is 4.98 Å². The second-order valence-electron chi connectivity index (χ2n) is 4.17. The van der Waals surface area contributed by atoms with Crippen molar-refractivity contribution >= 4 is 0 Å². The van der Waals surface area contributed by atoms with E-state index in [9.17, 15) is 8.78 Å². The molecule has 0 bridgehead atoms. The fourth-order valence-electron chi connectivity index (χ4n) is 1.84. The van der Waals surface area contributed by atoms with Crippen molar-refractivity contribution < 1.29 is 13.5 Å². The first kappa shape index (κ1) is 14.4. The highest BCUT2D eigenvalue weighted by molar-refractivity contribution is 5.29. The van der Waals surface area contributed by atoms with Gasteiger partial charge >= 0.3 is 6.61 Å². The predicted octanol–water partition coefficient (Wildman–Crippen LogP) is 1.16. The number of alkyl halides is 2. The summed E-state index contributed by atoms with van der Waals surface area (Å²) in [6, 6.07) is 6.11. The Kier molecular flexibility index (Phi) is 4.59. The summed E-state index contributed by atoms with van der Waals surface area (Å²) in [4.78, 5) is 4.12. The number of nitrogens with zero attached hydrogens (tertiary/aromatic N) is 3. The van der Waals surface area contributed by atoms with Crippen LogP contribution in [0.15, 0.2) is 30.6 Å². The molecule has 0 fully saturated rings. The van der Waals surface area contributed by atoms with E-state index in [2.05, 4.69) is 20.2 Å². The molecule has 6 nitrogen and oxygen atoms in total. The van der Waals surface area contributed by atoms with Crippen molar-refractivity contribution in [2.24, 2.45) is 12.9 Å². The Morgan fingerprint density at radius 2 is 2.05 bits per heavy atom. The van der Waals surface area contributed by atoms with Crippen molar-refractivity contribution in [1.82, 2.24) is 20.2 Å². The lowest BCUT2D eigenvalue weighted by molar-refractivity contribution is -0.0498. The Balaban J connectivity index is 2.09. The second-order valence-corrected chi connectivity index (χ2v) is 4.17. The molecule has 0 spiro atoms. The van der Waals surface area contributed by atoms with Crippen LogP contribution in [0.25, 0.3) is 0 Å². The minimum atomic E-state index is -2.83. The SMILES string of the molecule is Cn1ncnc1CC(NN)c1ccc(OC(F)F)cc1. The Morgan fingerprint density at radius 1 is 1.35 bits per heavy atom. The van der Waals surface area contributed by atoms with E-state index in [4.69, 9.17) is 5.84 Å². The molecule has 0 aliphatic rings. The normalized spacial score (nSPS) is 12.7. The summed E-state index contributed by atoms with van der Waals surface area (Å²) in [6.45, 7) is -2.83. The number of aryl methyl sites for hydroxylation is 1. The lowest BCUT2D eigenvalue weighted by Crippen LogP contribution is -2.30. The van der Waals surface area contributed by atoms with Crippen LogP contribution in [0.3, 0.4) is 0 Å². The van der Waals surface area contributed by atoms with Crippen LogP contribution in [0, 0.1) is 0 Å². The van der Waals surface area contributed by atoms with Gasteiger partial charge in [0.2, 0.25) is 0 Å². The molecule has 0 saturated carbocycles. The minimum absolute atomic E-state index is 0.109. The summed E-state index contributed by atoms with van der Waals surface area (Å²) in [5.74, 6) is 6.41. The van der Waals surface area contributed by atoms with Gasteiger partial charge in [-0.3, -0.25) is 16.0 Å². The van der Waals surface area contributed by atoms with Crippen LogP contribution in [0.4, 0.5) is 8.78 Å². The first-order chi connectivity index (χ1) is 9.60. The van der Waals surface area contributed by atoms with Crippen LogP contribution in [0.1, 0.15) is 17.4 Å². The van der Waals surface area contributed by atoms with E-state index >= 15 is 0 Å². The van der Waals surface area contributed by atoms with Crippen LogP contribution in [0.5, 0.6) is 5.75 Å². The number of benzene rings is 1. The fourth-order valence-corrected chi connectivity index (χ4v) is 1.84. The molecular weight excluding hydrogens is 268 g/mol. The van der Waals surface area contributed by atoms with Gasteiger partial charge in [0.05, 0.1) is 6.04 Å². The van der Waals surface area contributed by atoms with Crippen LogP contribution < -0.4 is 16.0 Å². The average Bonchev–Trinajstić information content (AvgIpc) is 2.82. The van der Waals surface area contributed by atoms with Crippen molar-refractivity contribution in [1.29, 1.82) is 0 Å². The van der Waals surface area contributed by atoms with E-state index in [0.29, 0.717) is 6.42 Å². The zero-order chi connectivity index (χ0) is 14.5. The molecule has 0 radical (unpaired) electrons. The van der Waals surface area contributed by atoms with Gasteiger partial charge in [0, 0.05) is 13.5 Å². The molecule has 0 aliphatic carbocycles. The lowest BCUT2D eigenvalue weighted by Gasteiger charge is -2.16. The van der Waals surface area contributed by atoms with E-state index in [-0.39, 0.29) is 11.8 Å². The smallest absolute Gasteiger partial charge is 0.387 e. The highest BCUT2D eigenvalue weighted by Gasteiger charge is 2.14. The molecule has 2 rings (SSSR count). The number of nitrogens with two attached hydrogens (primary N) is 1. The lowest BCUT2D eigenvalue weighted by atomic mass is 10.0. The van der Waals surface area contributed by atoms with Gasteiger partial charge in [0.1, 0.15) is 17.9 Å². The number of hydrazine groups is 1. The van der Waals surface area contributed by atoms with E-state index in [1.165, 1.54) is 18.5 Å². The molecule has 1 atom stereocenters. The van der Waals surface area contributed by atoms with Gasteiger partial charge < -0.3 is 4.74 Å². The van der Waals surface area contributed by atoms with Gasteiger partial charge in [-0.05, 0) is 17.7 Å². The van der Waals surface area contributed by atoms with E-state index in [1.807, 2.05) is 0 Å². The first-order valence-electron chi connectivity index (χ1n) is 5.94. The van der Waals surface area contributed by atoms with E-state index < -0.39 is 6.61 Å². The average molecular weight is 283 g/mol. The maximum Gasteiger partial charge on any atom is 0.387 e. The number of ether oxygens (including phenoxy) is 1. The predicted molar refractivity (Wildman–Crippen MR) is 67.8 cm³/mol. The molecule has 0 saturated heterocycles. The highest BCUT2D eigenvalue weighted by atomic mass is 19.3. The maximum atomic E-state index is 12.1. The van der Waals surface area contributed by atoms with Gasteiger partial charge in [0.25, 0.3) is 0 Å². The van der Waals surface area contributed by atoms with Crippen LogP contribution in [-0.2, 0) is 13.5 Å². The molecule has 20 heavy (non-hydrogen) atoms. The van der Waals surface area contributed by atoms with Crippen LogP contribution >= 0.6 is 0 Å². The number of hydrogen-bond acceptors (Lipinski definition) is 5. The summed E-state index contributed by atoms with van der Waals surface area (Å²) in [7, 11) is 1.79. The molecule has 0 amide bonds. The monoisotopic (exact) mass is 283 g/mol. The number of halogens is 2. The third-order valence-corrected chi connectivity index (χ3v) is 2.90. The number of nitrogens with one attached hydrogen (secondary N) is 1. The van der Waals surface area contributed by atoms with Crippen LogP contribution in [-0.4, -0.2) is 21.4 Å². The van der Waals surface area contributed by atoms with Gasteiger partial charge in [-0.1, -0.05) is 12.1 Å². The van der Waals surface area contributed by atoms with Crippen molar-refractivity contribution in [3.05, 3.63) is 42.0 Å². The minimum Gasteiger partial charge on any atom is -0.435 e. The summed E-state index contributed by atoms with van der Waals surface area (Å²) in [6.07, 6.45) is 1.99. The number of hydrogen-bond donors (Lipinski definition) is 2. The maximum absolute atomic E-state index is 12.1. The van der Waals surface area contributed by atoms with Crippen molar-refractivity contribution in [2.45, 2.75) is 19.1 Å². The second kappa shape index (κ2) is 6.40. The largest absolute Gasteiger partial charge is 0.435 e. The first-order valence-corrected chi connectivity index (χ1v) is 5.94. The molecule has 108 valence electrons. The Bertz CT molecular complexity index is 543. The Morgan fingerprint density at radius 3 is 2.55 bits per heavy atom. The molecule has 1 heterocycles. The third-order valence-electron chi connectivity index (χ3n) is 2.90. The summed E-state index contributed by atoms with van der Waals surface area (Å²) < 4.78 is 30.1. The van der Waals surface area contributed by atoms with Crippen LogP contribution in [0.2, 0.25) is 0 Å². The summed E-state index contributed by atoms with van der Waals surface area (Å²) >= 11 is 0. The summed E-state index contributed by atoms with van der Waals surface area (Å²) in [5.41, 5.74) is 3.52. The molecule has 1 aromatic heterocycles. The van der Waals surface area contributed by atoms with Crippen molar-refractivity contribution in [3.63, 3.8) is 0 Å². The molecule has 3 N–H and O–H groups in total. The molecule has 2 aromatic rings. The number of aromatic nitrogens is 3.